The molecule has 2 aliphatic rings. The Balaban J connectivity index is 1.23. The van der Waals surface area contributed by atoms with E-state index in [2.05, 4.69) is 35.2 Å². The average Bonchev–Trinajstić information content (AvgIpc) is 3.89. The zero-order chi connectivity index (χ0) is 37.2. The number of nitrogens with zero attached hydrogens (tertiary/aromatic N) is 5. The second kappa shape index (κ2) is 14.9. The van der Waals surface area contributed by atoms with E-state index in [-0.39, 0.29) is 17.1 Å². The van der Waals surface area contributed by atoms with E-state index in [1.54, 1.807) is 0 Å². The monoisotopic (exact) mass is 789 g/mol. The third kappa shape index (κ3) is 6.47. The van der Waals surface area contributed by atoms with Gasteiger partial charge in [-0.25, -0.2) is 9.78 Å². The number of benzene rings is 3. The molecule has 0 spiro atoms. The van der Waals surface area contributed by atoms with Crippen molar-refractivity contribution in [3.63, 3.8) is 0 Å². The minimum atomic E-state index is -3.38. The van der Waals surface area contributed by atoms with E-state index >= 15 is 0 Å². The summed E-state index contributed by atoms with van der Waals surface area (Å²) in [6, 6.07) is 29.0. The molecule has 3 N–H and O–H groups in total. The molecule has 12 nitrogen and oxygen atoms in total. The molecule has 0 saturated carbocycles. The van der Waals surface area contributed by atoms with Gasteiger partial charge in [0.2, 0.25) is 0 Å². The van der Waals surface area contributed by atoms with Crippen LogP contribution in [0.25, 0.3) is 5.57 Å². The van der Waals surface area contributed by atoms with Gasteiger partial charge in [0.1, 0.15) is 22.3 Å². The number of rotatable bonds is 13. The fraction of sp³-hybridized carbons (Fsp3) is 0.143. The van der Waals surface area contributed by atoms with E-state index in [0.717, 1.165) is 61.6 Å². The van der Waals surface area contributed by atoms with Gasteiger partial charge in [0.15, 0.2) is 16.4 Å². The van der Waals surface area contributed by atoms with Crippen LogP contribution >= 0.6 is 46.8 Å². The van der Waals surface area contributed by atoms with E-state index in [1.165, 1.54) is 11.6 Å². The van der Waals surface area contributed by atoms with Crippen molar-refractivity contribution in [3.05, 3.63) is 136 Å². The van der Waals surface area contributed by atoms with Gasteiger partial charge in [0.25, 0.3) is 11.8 Å². The van der Waals surface area contributed by atoms with Crippen molar-refractivity contribution in [1.82, 2.24) is 24.8 Å². The lowest BCUT2D eigenvalue weighted by atomic mass is 9.77. The maximum atomic E-state index is 14.0. The highest BCUT2D eigenvalue weighted by Gasteiger charge is 2.65. The highest BCUT2D eigenvalue weighted by Crippen LogP contribution is 2.48. The molecule has 1 unspecified atom stereocenters. The number of nitrogens with one attached hydrogen (secondary N) is 2. The number of anilines is 1. The summed E-state index contributed by atoms with van der Waals surface area (Å²) in [5, 5.41) is 25.2. The summed E-state index contributed by atoms with van der Waals surface area (Å²) >= 11 is 8.45. The predicted molar refractivity (Wildman–Crippen MR) is 201 cm³/mol. The molecule has 268 valence electrons. The summed E-state index contributed by atoms with van der Waals surface area (Å²) < 4.78 is 30.5. The quantitative estimate of drug-likeness (QED) is 0.0448. The second-order valence-corrected chi connectivity index (χ2v) is 14.5. The molecule has 3 aromatic carbocycles. The largest absolute Gasteiger partial charge is 0.477 e. The van der Waals surface area contributed by atoms with Crippen LogP contribution in [0.1, 0.15) is 27.3 Å². The van der Waals surface area contributed by atoms with Gasteiger partial charge >= 0.3 is 12.6 Å². The third-order valence-corrected chi connectivity index (χ3v) is 11.8. The SMILES string of the molecule is O=C(O)C1=C(c2cnns2)CS[C@@H]2N1C(=O)C2(C=S)NC(=O)C(=NOC(F)F)c1csc(NC(c2ccccc2)(c2ccccc2)c2ccccc2)n1. The van der Waals surface area contributed by atoms with Crippen LogP contribution in [0, 0.1) is 0 Å². The van der Waals surface area contributed by atoms with Gasteiger partial charge in [-0.1, -0.05) is 113 Å². The molecule has 0 aliphatic carbocycles. The highest BCUT2D eigenvalue weighted by atomic mass is 32.2. The van der Waals surface area contributed by atoms with Gasteiger partial charge in [-0.15, -0.1) is 28.2 Å². The lowest BCUT2D eigenvalue weighted by Gasteiger charge is -2.55. The van der Waals surface area contributed by atoms with Crippen LogP contribution in [0.15, 0.2) is 113 Å². The van der Waals surface area contributed by atoms with Gasteiger partial charge < -0.3 is 20.6 Å². The van der Waals surface area contributed by atoms with Crippen molar-refractivity contribution in [2.75, 3.05) is 11.1 Å². The molecular weight excluding hydrogens is 765 g/mol. The van der Waals surface area contributed by atoms with E-state index < -0.39 is 46.6 Å². The normalized spacial score (nSPS) is 18.6. The van der Waals surface area contributed by atoms with Gasteiger partial charge in [0.05, 0.1) is 11.1 Å². The lowest BCUT2D eigenvalue weighted by molar-refractivity contribution is -0.153. The number of hydrogen-bond donors (Lipinski definition) is 3. The van der Waals surface area contributed by atoms with E-state index in [4.69, 9.17) is 12.2 Å². The number of oxime groups is 1. The second-order valence-electron chi connectivity index (χ2n) is 11.5. The Morgan fingerprint density at radius 1 is 1.04 bits per heavy atom. The molecule has 2 aliphatic heterocycles. The topological polar surface area (TPSA) is 159 Å². The van der Waals surface area contributed by atoms with Crippen LogP contribution in [0.2, 0.25) is 0 Å². The molecule has 1 fully saturated rings. The number of amides is 2. The molecule has 0 radical (unpaired) electrons. The summed E-state index contributed by atoms with van der Waals surface area (Å²) in [6.45, 7) is -3.38. The first-order chi connectivity index (χ1) is 25.7. The molecule has 2 amide bonds. The van der Waals surface area contributed by atoms with Gasteiger partial charge in [0, 0.05) is 22.1 Å². The fourth-order valence-electron chi connectivity index (χ4n) is 6.25. The zero-order valence-corrected chi connectivity index (χ0v) is 30.2. The Morgan fingerprint density at radius 3 is 2.15 bits per heavy atom. The summed E-state index contributed by atoms with van der Waals surface area (Å²) in [5.74, 6) is -3.18. The number of aromatic nitrogens is 3. The standard InChI is InChI=1S/C35H25F2N7O5S4/c36-32(37)49-42-26(28(45)40-34(19-50)30(48)44-27(29(46)47)23(17-51-31(34)44)25-16-38-43-53-25)24-18-52-33(39-24)41-35(20-10-4-1-5-11-20,21-12-6-2-7-13-21)22-14-8-3-9-15-22/h1-16,18-19,31-32H,17H2,(H,39,41)(H,40,45)(H,46,47)/t31-,34?/m0/s1. The molecule has 7 rings (SSSR count). The molecule has 5 aromatic rings. The molecule has 0 bridgehead atoms. The van der Waals surface area contributed by atoms with Crippen molar-refractivity contribution < 1.29 is 33.1 Å². The predicted octanol–water partition coefficient (Wildman–Crippen LogP) is 5.61. The van der Waals surface area contributed by atoms with Crippen molar-refractivity contribution in [2.45, 2.75) is 23.1 Å². The van der Waals surface area contributed by atoms with Crippen molar-refractivity contribution >= 4 is 86.4 Å². The first kappa shape index (κ1) is 36.0. The van der Waals surface area contributed by atoms with Crippen molar-refractivity contribution in [1.29, 1.82) is 0 Å². The Morgan fingerprint density at radius 2 is 1.64 bits per heavy atom. The van der Waals surface area contributed by atoms with Crippen LogP contribution in [-0.2, 0) is 24.8 Å². The number of alkyl halides is 2. The molecule has 4 heterocycles. The van der Waals surface area contributed by atoms with Crippen molar-refractivity contribution in [3.8, 4) is 0 Å². The van der Waals surface area contributed by atoms with Crippen LogP contribution in [0.5, 0.6) is 0 Å². The van der Waals surface area contributed by atoms with E-state index in [9.17, 15) is 28.3 Å². The number of fused-ring (bicyclic) bond motifs is 1. The molecule has 2 aromatic heterocycles. The number of aliphatic carboxylic acids is 1. The molecule has 53 heavy (non-hydrogen) atoms. The first-order valence-electron chi connectivity index (χ1n) is 15.6. The number of carbonyl (C=O) groups excluding carboxylic acids is 2. The fourth-order valence-corrected chi connectivity index (χ4v) is 9.48. The maximum Gasteiger partial charge on any atom is 0.407 e. The van der Waals surface area contributed by atoms with E-state index in [1.807, 2.05) is 91.0 Å². The number of halogens is 2. The number of thioether (sulfide) groups is 1. The molecule has 2 atom stereocenters. The Kier molecular flexibility index (Phi) is 10.1. The minimum Gasteiger partial charge on any atom is -0.477 e. The Labute approximate surface area is 317 Å². The number of hydrogen-bond acceptors (Lipinski definition) is 13. The Hall–Kier alpha value is -5.43. The van der Waals surface area contributed by atoms with Gasteiger partial charge in [-0.05, 0) is 28.2 Å². The van der Waals surface area contributed by atoms with Gasteiger partial charge in [-0.3, -0.25) is 14.5 Å². The minimum absolute atomic E-state index is 0.128. The molecule has 18 heteroatoms. The maximum absolute atomic E-state index is 14.0. The summed E-state index contributed by atoms with van der Waals surface area (Å²) in [6.07, 6.45) is 1.40. The zero-order valence-electron chi connectivity index (χ0n) is 27.0. The summed E-state index contributed by atoms with van der Waals surface area (Å²) in [5.41, 5.74) is -1.04. The number of thiocarbonyl (C=S) groups is 1. The number of carboxylic acid groups (broad SMARTS) is 1. The number of β-lactam (4-membered cyclic amide) rings is 1. The number of carboxylic acids is 1. The van der Waals surface area contributed by atoms with Crippen LogP contribution in [0.3, 0.4) is 0 Å². The average molecular weight is 790 g/mol. The van der Waals surface area contributed by atoms with Crippen LogP contribution < -0.4 is 10.6 Å². The molecular formula is C35H25F2N7O5S4. The summed E-state index contributed by atoms with van der Waals surface area (Å²) in [7, 11) is 0. The molecule has 1 saturated heterocycles. The number of thiazole rings is 1. The summed E-state index contributed by atoms with van der Waals surface area (Å²) in [4.78, 5) is 50.5. The Bertz CT molecular complexity index is 2130. The number of carbonyl (C=O) groups is 3. The van der Waals surface area contributed by atoms with Crippen LogP contribution in [-0.4, -0.2) is 76.7 Å². The lowest BCUT2D eigenvalue weighted by Crippen LogP contribution is -2.80. The third-order valence-electron chi connectivity index (χ3n) is 8.58. The first-order valence-corrected chi connectivity index (χ1v) is 18.8. The van der Waals surface area contributed by atoms with Crippen LogP contribution in [0.4, 0.5) is 13.9 Å². The van der Waals surface area contributed by atoms with Crippen molar-refractivity contribution in [2.24, 2.45) is 5.16 Å². The highest BCUT2D eigenvalue weighted by molar-refractivity contribution is 8.00. The smallest absolute Gasteiger partial charge is 0.407 e. The van der Waals surface area contributed by atoms with E-state index in [0.29, 0.717) is 15.6 Å². The van der Waals surface area contributed by atoms with Gasteiger partial charge in [-0.2, -0.15) is 8.78 Å².